The summed E-state index contributed by atoms with van der Waals surface area (Å²) in [7, 11) is 3.36. The Morgan fingerprint density at radius 2 is 1.66 bits per heavy atom. The zero-order chi connectivity index (χ0) is 18.9. The van der Waals surface area contributed by atoms with E-state index < -0.39 is 0 Å². The predicted octanol–water partition coefficient (Wildman–Crippen LogP) is 5.97. The lowest BCUT2D eigenvalue weighted by Gasteiger charge is -2.56. The quantitative estimate of drug-likeness (QED) is 0.511. The van der Waals surface area contributed by atoms with Crippen LogP contribution in [0.15, 0.2) is 29.8 Å². The molecule has 0 saturated heterocycles. The maximum Gasteiger partial charge on any atom is 0.194 e. The van der Waals surface area contributed by atoms with Crippen LogP contribution in [0, 0.1) is 17.8 Å². The first kappa shape index (κ1) is 19.3. The second-order valence-corrected chi connectivity index (χ2v) is 10.0. The van der Waals surface area contributed by atoms with E-state index in [0.29, 0.717) is 5.41 Å². The molecule has 4 aliphatic carbocycles. The minimum Gasteiger partial charge on any atom is -0.493 e. The lowest BCUT2D eigenvalue weighted by Crippen LogP contribution is -2.48. The number of ether oxygens (including phenoxy) is 2. The molecule has 4 bridgehead atoms. The molecule has 0 aliphatic heterocycles. The molecule has 7 rings (SSSR count). The Morgan fingerprint density at radius 1 is 1.00 bits per heavy atom. The Balaban J connectivity index is 0.00000181. The van der Waals surface area contributed by atoms with Crippen LogP contribution < -0.4 is 9.47 Å². The first-order valence-corrected chi connectivity index (χ1v) is 11.2. The highest BCUT2D eigenvalue weighted by molar-refractivity contribution is 7.15. The molecule has 1 aromatic carbocycles. The van der Waals surface area contributed by atoms with Crippen LogP contribution in [0.4, 0.5) is 0 Å². The number of hydrogen-bond acceptors (Lipinski definition) is 4. The molecule has 29 heavy (non-hydrogen) atoms. The molecule has 0 radical (unpaired) electrons. The highest BCUT2D eigenvalue weighted by Gasteiger charge is 2.52. The largest absolute Gasteiger partial charge is 0.493 e. The van der Waals surface area contributed by atoms with Crippen molar-refractivity contribution in [2.24, 2.45) is 17.8 Å². The van der Waals surface area contributed by atoms with Crippen LogP contribution in [0.2, 0.25) is 0 Å². The van der Waals surface area contributed by atoms with Crippen LogP contribution in [0.5, 0.6) is 11.5 Å². The third kappa shape index (κ3) is 2.89. The molecule has 4 fully saturated rings. The highest BCUT2D eigenvalue weighted by atomic mass is 35.5. The molecule has 2 aromatic heterocycles. The third-order valence-electron chi connectivity index (χ3n) is 7.47. The van der Waals surface area contributed by atoms with E-state index in [9.17, 15) is 0 Å². The molecule has 0 spiro atoms. The number of rotatable bonds is 4. The molecule has 6 heteroatoms. The summed E-state index contributed by atoms with van der Waals surface area (Å²) in [6.45, 7) is 0. The molecule has 4 nitrogen and oxygen atoms in total. The van der Waals surface area contributed by atoms with Gasteiger partial charge in [-0.05, 0) is 74.5 Å². The van der Waals surface area contributed by atoms with Gasteiger partial charge < -0.3 is 9.47 Å². The number of thiazole rings is 1. The van der Waals surface area contributed by atoms with Crippen LogP contribution in [0.25, 0.3) is 16.2 Å². The van der Waals surface area contributed by atoms with Gasteiger partial charge >= 0.3 is 0 Å². The van der Waals surface area contributed by atoms with Crippen LogP contribution in [-0.4, -0.2) is 23.6 Å². The van der Waals surface area contributed by atoms with Gasteiger partial charge in [0.2, 0.25) is 0 Å². The molecule has 0 atom stereocenters. The van der Waals surface area contributed by atoms with E-state index in [0.717, 1.165) is 39.8 Å². The van der Waals surface area contributed by atoms with Gasteiger partial charge in [-0.15, -0.1) is 23.7 Å². The number of aromatic nitrogens is 2. The molecule has 0 N–H and O–H groups in total. The Morgan fingerprint density at radius 3 is 2.28 bits per heavy atom. The van der Waals surface area contributed by atoms with Crippen molar-refractivity contribution < 1.29 is 9.47 Å². The molecule has 4 saturated carbocycles. The number of fused-ring (bicyclic) bond motifs is 1. The third-order valence-corrected chi connectivity index (χ3v) is 8.31. The number of imidazole rings is 1. The summed E-state index contributed by atoms with van der Waals surface area (Å²) in [5.74, 6) is 4.35. The van der Waals surface area contributed by atoms with Gasteiger partial charge in [0, 0.05) is 22.6 Å². The first-order chi connectivity index (χ1) is 13.7. The average molecular weight is 431 g/mol. The van der Waals surface area contributed by atoms with Gasteiger partial charge in [0.05, 0.1) is 25.6 Å². The molecule has 2 heterocycles. The van der Waals surface area contributed by atoms with Crippen molar-refractivity contribution in [1.82, 2.24) is 9.38 Å². The van der Waals surface area contributed by atoms with E-state index in [-0.39, 0.29) is 12.4 Å². The number of hydrogen-bond donors (Lipinski definition) is 0. The average Bonchev–Trinajstić information content (AvgIpc) is 3.27. The number of methoxy groups -OCH3 is 2. The van der Waals surface area contributed by atoms with Gasteiger partial charge in [-0.1, -0.05) is 0 Å². The maximum atomic E-state index is 5.51. The van der Waals surface area contributed by atoms with Crippen LogP contribution in [-0.2, 0) is 5.41 Å². The van der Waals surface area contributed by atoms with E-state index in [2.05, 4.69) is 28.1 Å². The van der Waals surface area contributed by atoms with Crippen molar-refractivity contribution in [1.29, 1.82) is 0 Å². The van der Waals surface area contributed by atoms with E-state index in [1.807, 2.05) is 6.07 Å². The van der Waals surface area contributed by atoms with Crippen molar-refractivity contribution in [3.05, 3.63) is 35.5 Å². The maximum absolute atomic E-state index is 5.51. The number of halogens is 1. The summed E-state index contributed by atoms with van der Waals surface area (Å²) >= 11 is 1.74. The summed E-state index contributed by atoms with van der Waals surface area (Å²) in [5, 5.41) is 2.20. The molecule has 3 aromatic rings. The van der Waals surface area contributed by atoms with Gasteiger partial charge in [0.1, 0.15) is 0 Å². The second-order valence-electron chi connectivity index (χ2n) is 9.17. The Hall–Kier alpha value is -1.72. The van der Waals surface area contributed by atoms with Gasteiger partial charge in [-0.3, -0.25) is 4.40 Å². The van der Waals surface area contributed by atoms with E-state index >= 15 is 0 Å². The summed E-state index contributed by atoms with van der Waals surface area (Å²) in [5.41, 5.74) is 4.01. The molecular weight excluding hydrogens is 404 g/mol. The molecule has 4 aliphatic rings. The van der Waals surface area contributed by atoms with Crippen molar-refractivity contribution >= 4 is 28.7 Å². The van der Waals surface area contributed by atoms with Crippen molar-refractivity contribution in [2.45, 2.75) is 43.9 Å². The zero-order valence-electron chi connectivity index (χ0n) is 16.9. The predicted molar refractivity (Wildman–Crippen MR) is 119 cm³/mol. The van der Waals surface area contributed by atoms with Crippen LogP contribution in [0.3, 0.4) is 0 Å². The van der Waals surface area contributed by atoms with Gasteiger partial charge in [-0.25, -0.2) is 4.98 Å². The molecule has 0 unspecified atom stereocenters. The number of nitrogens with zero attached hydrogens (tertiary/aromatic N) is 2. The van der Waals surface area contributed by atoms with Gasteiger partial charge in [0.15, 0.2) is 16.5 Å². The zero-order valence-corrected chi connectivity index (χ0v) is 18.5. The Kier molecular flexibility index (Phi) is 4.59. The summed E-state index contributed by atoms with van der Waals surface area (Å²) in [6, 6.07) is 6.15. The fourth-order valence-electron chi connectivity index (χ4n) is 6.67. The lowest BCUT2D eigenvalue weighted by molar-refractivity contribution is -0.00696. The Bertz CT molecular complexity index is 1020. The minimum absolute atomic E-state index is 0. The minimum atomic E-state index is 0. The SMILES string of the molecule is COc1ccc(-c2csc3nc(C45CC6CC(CC(C6)C4)C5)cn23)cc1OC.Cl. The fourth-order valence-corrected chi connectivity index (χ4v) is 7.55. The Labute approximate surface area is 181 Å². The number of benzene rings is 1. The second kappa shape index (κ2) is 6.92. The fraction of sp³-hybridized carbons (Fsp3) is 0.522. The summed E-state index contributed by atoms with van der Waals surface area (Å²) in [4.78, 5) is 6.26. The molecular formula is C23H27ClN2O2S. The summed E-state index contributed by atoms with van der Waals surface area (Å²) < 4.78 is 13.2. The van der Waals surface area contributed by atoms with Crippen molar-refractivity contribution in [3.63, 3.8) is 0 Å². The van der Waals surface area contributed by atoms with Gasteiger partial charge in [0.25, 0.3) is 0 Å². The van der Waals surface area contributed by atoms with Crippen molar-refractivity contribution in [2.75, 3.05) is 14.2 Å². The topological polar surface area (TPSA) is 35.8 Å². The van der Waals surface area contributed by atoms with E-state index in [1.54, 1.807) is 25.6 Å². The van der Waals surface area contributed by atoms with E-state index in [1.165, 1.54) is 49.9 Å². The van der Waals surface area contributed by atoms with E-state index in [4.69, 9.17) is 14.5 Å². The summed E-state index contributed by atoms with van der Waals surface area (Å²) in [6.07, 6.45) is 10.8. The molecule has 0 amide bonds. The smallest absolute Gasteiger partial charge is 0.194 e. The lowest BCUT2D eigenvalue weighted by atomic mass is 9.49. The standard InChI is InChI=1S/C23H26N2O2S.ClH/c1-26-19-4-3-17(8-20(19)27-2)18-13-28-22-24-21(12-25(18)22)23-9-14-5-15(10-23)7-16(6-14)11-23;/h3-4,8,12-16H,5-7,9-11H2,1-2H3;1H. The highest BCUT2D eigenvalue weighted by Crippen LogP contribution is 2.60. The molecule has 154 valence electrons. The van der Waals surface area contributed by atoms with Crippen LogP contribution >= 0.6 is 23.7 Å². The monoisotopic (exact) mass is 430 g/mol. The van der Waals surface area contributed by atoms with Crippen LogP contribution in [0.1, 0.15) is 44.2 Å². The van der Waals surface area contributed by atoms with Gasteiger partial charge in [-0.2, -0.15) is 0 Å². The first-order valence-electron chi connectivity index (χ1n) is 10.4. The van der Waals surface area contributed by atoms with Crippen molar-refractivity contribution in [3.8, 4) is 22.8 Å². The normalized spacial score (nSPS) is 29.8.